The first-order valence-electron chi connectivity index (χ1n) is 5.06. The molecule has 0 bridgehead atoms. The van der Waals surface area contributed by atoms with Crippen LogP contribution in [0.25, 0.3) is 0 Å². The van der Waals surface area contributed by atoms with E-state index in [2.05, 4.69) is 9.97 Å². The van der Waals surface area contributed by atoms with Crippen LogP contribution < -0.4 is 4.74 Å². The Labute approximate surface area is 108 Å². The van der Waals surface area contributed by atoms with Gasteiger partial charge in [0.05, 0.1) is 18.9 Å². The SMILES string of the molecule is COc1ccc(Sc2cc(C(=O)O)ccn2)nc1. The van der Waals surface area contributed by atoms with Crippen LogP contribution in [0.3, 0.4) is 0 Å². The van der Waals surface area contributed by atoms with E-state index in [4.69, 9.17) is 9.84 Å². The maximum Gasteiger partial charge on any atom is 0.335 e. The minimum atomic E-state index is -0.970. The highest BCUT2D eigenvalue weighted by Crippen LogP contribution is 2.25. The number of aromatic carboxylic acids is 1. The number of ether oxygens (including phenoxy) is 1. The van der Waals surface area contributed by atoms with Crippen LogP contribution in [0.2, 0.25) is 0 Å². The van der Waals surface area contributed by atoms with Crippen molar-refractivity contribution < 1.29 is 14.6 Å². The fourth-order valence-electron chi connectivity index (χ4n) is 1.25. The molecule has 0 aliphatic rings. The topological polar surface area (TPSA) is 72.3 Å². The highest BCUT2D eigenvalue weighted by Gasteiger charge is 2.06. The van der Waals surface area contributed by atoms with Gasteiger partial charge in [-0.2, -0.15) is 0 Å². The van der Waals surface area contributed by atoms with Crippen LogP contribution in [0, 0.1) is 0 Å². The van der Waals surface area contributed by atoms with Gasteiger partial charge in [0.15, 0.2) is 0 Å². The lowest BCUT2D eigenvalue weighted by molar-refractivity contribution is 0.0696. The molecular formula is C12H10N2O3S. The van der Waals surface area contributed by atoms with Gasteiger partial charge in [0.2, 0.25) is 0 Å². The number of carboxylic acid groups (broad SMARTS) is 1. The van der Waals surface area contributed by atoms with Crippen molar-refractivity contribution in [3.05, 3.63) is 42.2 Å². The van der Waals surface area contributed by atoms with Crippen molar-refractivity contribution >= 4 is 17.7 Å². The Morgan fingerprint density at radius 3 is 2.72 bits per heavy atom. The number of carbonyl (C=O) groups is 1. The van der Waals surface area contributed by atoms with Crippen molar-refractivity contribution in [1.29, 1.82) is 0 Å². The number of aromatic nitrogens is 2. The van der Waals surface area contributed by atoms with Crippen LogP contribution in [-0.2, 0) is 0 Å². The van der Waals surface area contributed by atoms with Crippen molar-refractivity contribution in [1.82, 2.24) is 9.97 Å². The Bertz CT molecular complexity index is 558. The molecule has 2 aromatic rings. The molecule has 0 atom stereocenters. The molecule has 2 heterocycles. The van der Waals surface area contributed by atoms with E-state index in [1.54, 1.807) is 25.4 Å². The molecular weight excluding hydrogens is 252 g/mol. The van der Waals surface area contributed by atoms with Gasteiger partial charge in [-0.15, -0.1) is 0 Å². The zero-order valence-electron chi connectivity index (χ0n) is 9.53. The third kappa shape index (κ3) is 2.98. The Morgan fingerprint density at radius 2 is 2.11 bits per heavy atom. The zero-order chi connectivity index (χ0) is 13.0. The van der Waals surface area contributed by atoms with E-state index in [0.29, 0.717) is 10.8 Å². The fourth-order valence-corrected chi connectivity index (χ4v) is 2.01. The van der Waals surface area contributed by atoms with Gasteiger partial charge in [-0.3, -0.25) is 0 Å². The largest absolute Gasteiger partial charge is 0.495 e. The summed E-state index contributed by atoms with van der Waals surface area (Å²) in [4.78, 5) is 19.1. The van der Waals surface area contributed by atoms with Gasteiger partial charge in [-0.05, 0) is 24.3 Å². The van der Waals surface area contributed by atoms with E-state index in [0.717, 1.165) is 5.03 Å². The summed E-state index contributed by atoms with van der Waals surface area (Å²) >= 11 is 1.30. The molecule has 2 aromatic heterocycles. The average molecular weight is 262 g/mol. The van der Waals surface area contributed by atoms with E-state index < -0.39 is 5.97 Å². The molecule has 0 radical (unpaired) electrons. The predicted octanol–water partition coefficient (Wildman–Crippen LogP) is 2.33. The molecule has 1 N–H and O–H groups in total. The molecule has 0 fully saturated rings. The summed E-state index contributed by atoms with van der Waals surface area (Å²) in [6, 6.07) is 6.54. The number of rotatable bonds is 4. The minimum Gasteiger partial charge on any atom is -0.495 e. The van der Waals surface area contributed by atoms with Crippen LogP contribution in [-0.4, -0.2) is 28.2 Å². The third-order valence-electron chi connectivity index (χ3n) is 2.14. The van der Waals surface area contributed by atoms with Crippen LogP contribution in [0.1, 0.15) is 10.4 Å². The fraction of sp³-hybridized carbons (Fsp3) is 0.0833. The second-order valence-corrected chi connectivity index (χ2v) is 4.37. The van der Waals surface area contributed by atoms with Gasteiger partial charge in [0, 0.05) is 6.20 Å². The summed E-state index contributed by atoms with van der Waals surface area (Å²) in [5.74, 6) is -0.298. The van der Waals surface area contributed by atoms with Gasteiger partial charge in [0.25, 0.3) is 0 Å². The van der Waals surface area contributed by atoms with Gasteiger partial charge in [-0.25, -0.2) is 14.8 Å². The standard InChI is InChI=1S/C12H10N2O3S/c1-17-9-2-3-10(14-7-9)18-11-6-8(12(15)16)4-5-13-11/h2-7H,1H3,(H,15,16). The van der Waals surface area contributed by atoms with Gasteiger partial charge < -0.3 is 9.84 Å². The Balaban J connectivity index is 2.17. The normalized spacial score (nSPS) is 10.1. The first-order chi connectivity index (χ1) is 8.69. The van der Waals surface area contributed by atoms with Crippen molar-refractivity contribution in [2.24, 2.45) is 0 Å². The number of hydrogen-bond acceptors (Lipinski definition) is 5. The summed E-state index contributed by atoms with van der Waals surface area (Å²) in [5.41, 5.74) is 0.209. The van der Waals surface area contributed by atoms with E-state index >= 15 is 0 Å². The van der Waals surface area contributed by atoms with Crippen LogP contribution in [0.15, 0.2) is 46.7 Å². The van der Waals surface area contributed by atoms with E-state index in [-0.39, 0.29) is 5.56 Å². The number of pyridine rings is 2. The lowest BCUT2D eigenvalue weighted by Crippen LogP contribution is -1.96. The molecule has 2 rings (SSSR count). The van der Waals surface area contributed by atoms with Crippen LogP contribution in [0.5, 0.6) is 5.75 Å². The monoisotopic (exact) mass is 262 g/mol. The van der Waals surface area contributed by atoms with Crippen molar-refractivity contribution in [2.45, 2.75) is 10.1 Å². The Hall–Kier alpha value is -2.08. The highest BCUT2D eigenvalue weighted by molar-refractivity contribution is 7.99. The third-order valence-corrected chi connectivity index (χ3v) is 3.02. The molecule has 0 saturated carbocycles. The highest BCUT2D eigenvalue weighted by atomic mass is 32.2. The molecule has 0 aliphatic heterocycles. The Morgan fingerprint density at radius 1 is 1.28 bits per heavy atom. The first-order valence-corrected chi connectivity index (χ1v) is 5.88. The molecule has 6 heteroatoms. The number of nitrogens with zero attached hydrogens (tertiary/aromatic N) is 2. The number of hydrogen-bond donors (Lipinski definition) is 1. The molecule has 0 unspecified atom stereocenters. The summed E-state index contributed by atoms with van der Waals surface area (Å²) in [5, 5.41) is 10.2. The summed E-state index contributed by atoms with van der Waals surface area (Å²) < 4.78 is 5.00. The molecule has 5 nitrogen and oxygen atoms in total. The van der Waals surface area contributed by atoms with Crippen LogP contribution >= 0.6 is 11.8 Å². The molecule has 0 aliphatic carbocycles. The van der Waals surface area contributed by atoms with Crippen LogP contribution in [0.4, 0.5) is 0 Å². The van der Waals surface area contributed by atoms with Gasteiger partial charge in [0.1, 0.15) is 15.8 Å². The van der Waals surface area contributed by atoms with Crippen molar-refractivity contribution in [3.8, 4) is 5.75 Å². The lowest BCUT2D eigenvalue weighted by atomic mass is 10.3. The molecule has 18 heavy (non-hydrogen) atoms. The van der Waals surface area contributed by atoms with Gasteiger partial charge >= 0.3 is 5.97 Å². The second kappa shape index (κ2) is 5.50. The maximum atomic E-state index is 10.8. The molecule has 0 aromatic carbocycles. The zero-order valence-corrected chi connectivity index (χ0v) is 10.3. The van der Waals surface area contributed by atoms with Crippen molar-refractivity contribution in [3.63, 3.8) is 0 Å². The van der Waals surface area contributed by atoms with Crippen molar-refractivity contribution in [2.75, 3.05) is 7.11 Å². The molecule has 92 valence electrons. The second-order valence-electron chi connectivity index (χ2n) is 3.33. The lowest BCUT2D eigenvalue weighted by Gasteiger charge is -2.02. The molecule has 0 spiro atoms. The quantitative estimate of drug-likeness (QED) is 0.911. The predicted molar refractivity (Wildman–Crippen MR) is 66.1 cm³/mol. The summed E-state index contributed by atoms with van der Waals surface area (Å²) in [6.45, 7) is 0. The maximum absolute atomic E-state index is 10.8. The number of methoxy groups -OCH3 is 1. The van der Waals surface area contributed by atoms with Gasteiger partial charge in [-0.1, -0.05) is 11.8 Å². The molecule has 0 amide bonds. The minimum absolute atomic E-state index is 0.209. The smallest absolute Gasteiger partial charge is 0.335 e. The Kier molecular flexibility index (Phi) is 3.78. The summed E-state index contributed by atoms with van der Waals surface area (Å²) in [7, 11) is 1.57. The first kappa shape index (κ1) is 12.4. The van der Waals surface area contributed by atoms with E-state index in [1.807, 2.05) is 0 Å². The average Bonchev–Trinajstić information content (AvgIpc) is 2.40. The summed E-state index contributed by atoms with van der Waals surface area (Å²) in [6.07, 6.45) is 3.07. The van der Waals surface area contributed by atoms with E-state index in [1.165, 1.54) is 30.1 Å². The van der Waals surface area contributed by atoms with E-state index in [9.17, 15) is 4.79 Å². The molecule has 0 saturated heterocycles. The number of carboxylic acids is 1.